The molecule has 0 bridgehead atoms. The molecule has 142 valence electrons. The first-order chi connectivity index (χ1) is 13.0. The van der Waals surface area contributed by atoms with Crippen LogP contribution in [0.3, 0.4) is 0 Å². The number of piperazine rings is 1. The molecule has 0 aliphatic carbocycles. The van der Waals surface area contributed by atoms with Crippen LogP contribution in [0.1, 0.15) is 21.5 Å². The van der Waals surface area contributed by atoms with Crippen LogP contribution >= 0.6 is 0 Å². The van der Waals surface area contributed by atoms with Crippen LogP contribution in [0.2, 0.25) is 0 Å². The molecule has 1 amide bonds. The maximum atomic E-state index is 12.7. The SMILES string of the molecule is COc1cccc(CN2CCN(C(=O)c3ccc(C)c([N+](=O)[O-])c3)CC2)c1. The number of amides is 1. The van der Waals surface area contributed by atoms with Crippen molar-refractivity contribution in [1.29, 1.82) is 0 Å². The van der Waals surface area contributed by atoms with Crippen molar-refractivity contribution in [1.82, 2.24) is 9.80 Å². The average molecular weight is 369 g/mol. The molecule has 7 nitrogen and oxygen atoms in total. The number of ether oxygens (including phenoxy) is 1. The van der Waals surface area contributed by atoms with Gasteiger partial charge >= 0.3 is 0 Å². The largest absolute Gasteiger partial charge is 0.497 e. The summed E-state index contributed by atoms with van der Waals surface area (Å²) in [6.07, 6.45) is 0. The highest BCUT2D eigenvalue weighted by Gasteiger charge is 2.24. The number of nitro groups is 1. The number of carbonyl (C=O) groups excluding carboxylic acids is 1. The monoisotopic (exact) mass is 369 g/mol. The number of carbonyl (C=O) groups is 1. The number of methoxy groups -OCH3 is 1. The maximum Gasteiger partial charge on any atom is 0.273 e. The lowest BCUT2D eigenvalue weighted by Gasteiger charge is -2.34. The molecule has 27 heavy (non-hydrogen) atoms. The fraction of sp³-hybridized carbons (Fsp3) is 0.350. The van der Waals surface area contributed by atoms with E-state index in [2.05, 4.69) is 11.0 Å². The summed E-state index contributed by atoms with van der Waals surface area (Å²) in [7, 11) is 1.65. The van der Waals surface area contributed by atoms with Gasteiger partial charge in [0.05, 0.1) is 12.0 Å². The molecular weight excluding hydrogens is 346 g/mol. The molecule has 0 saturated carbocycles. The molecule has 0 spiro atoms. The fourth-order valence-corrected chi connectivity index (χ4v) is 3.26. The second-order valence-electron chi connectivity index (χ2n) is 6.68. The van der Waals surface area contributed by atoms with Gasteiger partial charge in [-0.1, -0.05) is 18.2 Å². The first-order valence-corrected chi connectivity index (χ1v) is 8.87. The van der Waals surface area contributed by atoms with Crippen LogP contribution in [0, 0.1) is 17.0 Å². The molecule has 0 unspecified atom stereocenters. The zero-order chi connectivity index (χ0) is 19.4. The Hall–Kier alpha value is -2.93. The predicted molar refractivity (Wildman–Crippen MR) is 102 cm³/mol. The van der Waals surface area contributed by atoms with Gasteiger partial charge in [-0.05, 0) is 30.7 Å². The smallest absolute Gasteiger partial charge is 0.273 e. The van der Waals surface area contributed by atoms with E-state index in [-0.39, 0.29) is 11.6 Å². The van der Waals surface area contributed by atoms with Gasteiger partial charge in [0.25, 0.3) is 11.6 Å². The summed E-state index contributed by atoms with van der Waals surface area (Å²) in [5.41, 5.74) is 2.08. The van der Waals surface area contributed by atoms with Gasteiger partial charge in [0, 0.05) is 49.9 Å². The Morgan fingerprint density at radius 1 is 1.15 bits per heavy atom. The summed E-state index contributed by atoms with van der Waals surface area (Å²) in [6.45, 7) is 5.20. The lowest BCUT2D eigenvalue weighted by Crippen LogP contribution is -2.48. The molecule has 2 aromatic carbocycles. The van der Waals surface area contributed by atoms with Crippen LogP contribution in [0.25, 0.3) is 0 Å². The number of nitrogens with zero attached hydrogens (tertiary/aromatic N) is 3. The Bertz CT molecular complexity index is 845. The van der Waals surface area contributed by atoms with Crippen molar-refractivity contribution in [2.24, 2.45) is 0 Å². The molecule has 7 heteroatoms. The van der Waals surface area contributed by atoms with E-state index in [4.69, 9.17) is 4.74 Å². The number of hydrogen-bond acceptors (Lipinski definition) is 5. The van der Waals surface area contributed by atoms with Crippen molar-refractivity contribution in [3.63, 3.8) is 0 Å². The normalized spacial score (nSPS) is 14.8. The molecule has 1 saturated heterocycles. The zero-order valence-corrected chi connectivity index (χ0v) is 15.6. The number of rotatable bonds is 5. The van der Waals surface area contributed by atoms with Crippen LogP contribution in [-0.2, 0) is 6.54 Å². The second-order valence-corrected chi connectivity index (χ2v) is 6.68. The number of hydrogen-bond donors (Lipinski definition) is 0. The van der Waals surface area contributed by atoms with E-state index < -0.39 is 4.92 Å². The molecule has 0 aromatic heterocycles. The van der Waals surface area contributed by atoms with Crippen molar-refractivity contribution in [2.45, 2.75) is 13.5 Å². The lowest BCUT2D eigenvalue weighted by atomic mass is 10.1. The Balaban J connectivity index is 1.61. The van der Waals surface area contributed by atoms with Crippen LogP contribution in [0.4, 0.5) is 5.69 Å². The molecule has 3 rings (SSSR count). The van der Waals surface area contributed by atoms with E-state index in [1.807, 2.05) is 18.2 Å². The van der Waals surface area contributed by atoms with Gasteiger partial charge in [0.1, 0.15) is 5.75 Å². The molecule has 0 atom stereocenters. The van der Waals surface area contributed by atoms with Gasteiger partial charge in [-0.2, -0.15) is 0 Å². The summed E-state index contributed by atoms with van der Waals surface area (Å²) in [5, 5.41) is 11.1. The standard InChI is InChI=1S/C20H23N3O4/c1-15-6-7-17(13-19(15)23(25)26)20(24)22-10-8-21(9-11-22)14-16-4-3-5-18(12-16)27-2/h3-7,12-13H,8-11,14H2,1-2H3. The van der Waals surface area contributed by atoms with Crippen molar-refractivity contribution in [3.05, 3.63) is 69.3 Å². The first-order valence-electron chi connectivity index (χ1n) is 8.87. The van der Waals surface area contributed by atoms with Gasteiger partial charge in [-0.15, -0.1) is 0 Å². The molecule has 0 N–H and O–H groups in total. The highest BCUT2D eigenvalue weighted by Crippen LogP contribution is 2.21. The molecule has 1 aliphatic rings. The summed E-state index contributed by atoms with van der Waals surface area (Å²) in [6, 6.07) is 12.6. The van der Waals surface area contributed by atoms with Crippen LogP contribution < -0.4 is 4.74 Å². The van der Waals surface area contributed by atoms with Crippen molar-refractivity contribution >= 4 is 11.6 Å². The summed E-state index contributed by atoms with van der Waals surface area (Å²) >= 11 is 0. The average Bonchev–Trinajstić information content (AvgIpc) is 2.68. The van der Waals surface area contributed by atoms with E-state index in [0.29, 0.717) is 24.2 Å². The molecule has 1 aliphatic heterocycles. The Labute approximate surface area is 158 Å². The van der Waals surface area contributed by atoms with Crippen LogP contribution in [0.5, 0.6) is 5.75 Å². The molecule has 2 aromatic rings. The van der Waals surface area contributed by atoms with Crippen molar-refractivity contribution in [3.8, 4) is 5.75 Å². The summed E-state index contributed by atoms with van der Waals surface area (Å²) in [5.74, 6) is 0.682. The second kappa shape index (κ2) is 8.18. The molecule has 1 heterocycles. The highest BCUT2D eigenvalue weighted by atomic mass is 16.6. The van der Waals surface area contributed by atoms with Crippen molar-refractivity contribution in [2.75, 3.05) is 33.3 Å². The number of benzene rings is 2. The van der Waals surface area contributed by atoms with E-state index in [0.717, 1.165) is 25.4 Å². The van der Waals surface area contributed by atoms with Gasteiger partial charge < -0.3 is 9.64 Å². The van der Waals surface area contributed by atoms with E-state index in [9.17, 15) is 14.9 Å². The number of nitro benzene ring substituents is 1. The van der Waals surface area contributed by atoms with Gasteiger partial charge in [0.15, 0.2) is 0 Å². The molecule has 1 fully saturated rings. The maximum absolute atomic E-state index is 12.7. The predicted octanol–water partition coefficient (Wildman–Crippen LogP) is 2.87. The first kappa shape index (κ1) is 18.8. The van der Waals surface area contributed by atoms with Crippen LogP contribution in [-0.4, -0.2) is 53.9 Å². The minimum absolute atomic E-state index is 0.0162. The Morgan fingerprint density at radius 2 is 1.89 bits per heavy atom. The fourth-order valence-electron chi connectivity index (χ4n) is 3.26. The van der Waals surface area contributed by atoms with E-state index in [1.165, 1.54) is 11.6 Å². The minimum atomic E-state index is -0.446. The third-order valence-electron chi connectivity index (χ3n) is 4.85. The van der Waals surface area contributed by atoms with E-state index in [1.54, 1.807) is 31.1 Å². The quantitative estimate of drug-likeness (QED) is 0.598. The van der Waals surface area contributed by atoms with Crippen LogP contribution in [0.15, 0.2) is 42.5 Å². The van der Waals surface area contributed by atoms with Gasteiger partial charge in [0.2, 0.25) is 0 Å². The van der Waals surface area contributed by atoms with Crippen molar-refractivity contribution < 1.29 is 14.5 Å². The minimum Gasteiger partial charge on any atom is -0.497 e. The molecule has 0 radical (unpaired) electrons. The summed E-state index contributed by atoms with van der Waals surface area (Å²) in [4.78, 5) is 27.4. The highest BCUT2D eigenvalue weighted by molar-refractivity contribution is 5.95. The summed E-state index contributed by atoms with van der Waals surface area (Å²) < 4.78 is 5.26. The van der Waals surface area contributed by atoms with Gasteiger partial charge in [-0.3, -0.25) is 19.8 Å². The third-order valence-corrected chi connectivity index (χ3v) is 4.85. The molecular formula is C20H23N3O4. The number of aryl methyl sites for hydroxylation is 1. The lowest BCUT2D eigenvalue weighted by molar-refractivity contribution is -0.385. The third kappa shape index (κ3) is 4.43. The Morgan fingerprint density at radius 3 is 2.56 bits per heavy atom. The van der Waals surface area contributed by atoms with Gasteiger partial charge in [-0.25, -0.2) is 0 Å². The topological polar surface area (TPSA) is 75.9 Å². The van der Waals surface area contributed by atoms with E-state index >= 15 is 0 Å². The zero-order valence-electron chi connectivity index (χ0n) is 15.6. The Kier molecular flexibility index (Phi) is 5.71.